The lowest BCUT2D eigenvalue weighted by atomic mass is 10.0. The third kappa shape index (κ3) is 3.93. The molecule has 0 aliphatic heterocycles. The lowest BCUT2D eigenvalue weighted by Crippen LogP contribution is -2.34. The van der Waals surface area contributed by atoms with Gasteiger partial charge in [-0.1, -0.05) is 25.4 Å². The third-order valence-electron chi connectivity index (χ3n) is 2.85. The first kappa shape index (κ1) is 15.9. The van der Waals surface area contributed by atoms with Gasteiger partial charge in [-0.3, -0.25) is 0 Å². The molecule has 0 saturated heterocycles. The van der Waals surface area contributed by atoms with Crippen LogP contribution in [0.25, 0.3) is 0 Å². The van der Waals surface area contributed by atoms with Crippen LogP contribution in [0.1, 0.15) is 20.3 Å². The Bertz CT molecular complexity index is 485. The average Bonchev–Trinajstić information content (AvgIpc) is 2.72. The standard InChI is InChI=1S/C11H19ClN2O2S2/c1-8(2)9(13)6-7-14(3)18(15,16)11-5-4-10(12)17-11/h4-5,8-9H,6-7,13H2,1-3H3. The minimum atomic E-state index is -3.43. The molecule has 1 aromatic heterocycles. The van der Waals surface area contributed by atoms with E-state index in [2.05, 4.69) is 0 Å². The van der Waals surface area contributed by atoms with E-state index in [1.807, 2.05) is 13.8 Å². The highest BCUT2D eigenvalue weighted by atomic mass is 35.5. The molecular weight excluding hydrogens is 292 g/mol. The SMILES string of the molecule is CC(C)C(N)CCN(C)S(=O)(=O)c1ccc(Cl)s1. The molecule has 1 heterocycles. The van der Waals surface area contributed by atoms with Crippen molar-refractivity contribution in [2.45, 2.75) is 30.5 Å². The summed E-state index contributed by atoms with van der Waals surface area (Å²) in [6.45, 7) is 4.47. The normalized spacial score (nSPS) is 14.4. The molecule has 2 N–H and O–H groups in total. The van der Waals surface area contributed by atoms with Gasteiger partial charge in [0.1, 0.15) is 4.21 Å². The zero-order valence-electron chi connectivity index (χ0n) is 10.8. The van der Waals surface area contributed by atoms with E-state index in [9.17, 15) is 8.42 Å². The second-order valence-electron chi connectivity index (χ2n) is 4.58. The van der Waals surface area contributed by atoms with E-state index in [1.54, 1.807) is 13.1 Å². The zero-order valence-corrected chi connectivity index (χ0v) is 13.1. The summed E-state index contributed by atoms with van der Waals surface area (Å²) >= 11 is 6.82. The van der Waals surface area contributed by atoms with E-state index >= 15 is 0 Å². The highest BCUT2D eigenvalue weighted by Gasteiger charge is 2.23. The number of hydrogen-bond donors (Lipinski definition) is 1. The number of hydrogen-bond acceptors (Lipinski definition) is 4. The van der Waals surface area contributed by atoms with E-state index in [0.717, 1.165) is 11.3 Å². The Morgan fingerprint density at radius 2 is 2.06 bits per heavy atom. The van der Waals surface area contributed by atoms with Crippen LogP contribution in [0.2, 0.25) is 4.34 Å². The van der Waals surface area contributed by atoms with Gasteiger partial charge in [0.2, 0.25) is 0 Å². The maximum Gasteiger partial charge on any atom is 0.252 e. The molecule has 0 fully saturated rings. The van der Waals surface area contributed by atoms with E-state index < -0.39 is 10.0 Å². The van der Waals surface area contributed by atoms with Crippen molar-refractivity contribution >= 4 is 33.0 Å². The van der Waals surface area contributed by atoms with Gasteiger partial charge in [0.25, 0.3) is 10.0 Å². The predicted molar refractivity (Wildman–Crippen MR) is 76.6 cm³/mol. The number of nitrogens with zero attached hydrogens (tertiary/aromatic N) is 1. The van der Waals surface area contributed by atoms with Gasteiger partial charge in [-0.25, -0.2) is 12.7 Å². The molecule has 0 aliphatic rings. The number of nitrogens with two attached hydrogens (primary N) is 1. The van der Waals surface area contributed by atoms with Gasteiger partial charge in [-0.05, 0) is 24.5 Å². The zero-order chi connectivity index (χ0) is 13.9. The minimum Gasteiger partial charge on any atom is -0.327 e. The van der Waals surface area contributed by atoms with Gasteiger partial charge in [0, 0.05) is 19.6 Å². The predicted octanol–water partition coefficient (Wildman–Crippen LogP) is 2.40. The van der Waals surface area contributed by atoms with Crippen molar-refractivity contribution in [2.75, 3.05) is 13.6 Å². The van der Waals surface area contributed by atoms with Crippen LogP contribution in [0.4, 0.5) is 0 Å². The van der Waals surface area contributed by atoms with Crippen molar-refractivity contribution < 1.29 is 8.42 Å². The van der Waals surface area contributed by atoms with Gasteiger partial charge in [-0.15, -0.1) is 11.3 Å². The van der Waals surface area contributed by atoms with Crippen molar-refractivity contribution in [1.82, 2.24) is 4.31 Å². The van der Waals surface area contributed by atoms with E-state index in [4.69, 9.17) is 17.3 Å². The summed E-state index contributed by atoms with van der Waals surface area (Å²) in [4.78, 5) is 0. The second kappa shape index (κ2) is 6.34. The first-order valence-corrected chi connectivity index (χ1v) is 8.36. The fourth-order valence-corrected chi connectivity index (χ4v) is 4.25. The highest BCUT2D eigenvalue weighted by molar-refractivity contribution is 7.91. The van der Waals surface area contributed by atoms with Crippen molar-refractivity contribution in [1.29, 1.82) is 0 Å². The minimum absolute atomic E-state index is 0.00886. The van der Waals surface area contributed by atoms with Crippen LogP contribution < -0.4 is 5.73 Å². The Hall–Kier alpha value is -0.140. The van der Waals surface area contributed by atoms with Crippen LogP contribution in [0.15, 0.2) is 16.3 Å². The highest BCUT2D eigenvalue weighted by Crippen LogP contribution is 2.27. The molecule has 104 valence electrons. The molecule has 0 spiro atoms. The van der Waals surface area contributed by atoms with Gasteiger partial charge < -0.3 is 5.73 Å². The molecule has 1 rings (SSSR count). The molecule has 1 unspecified atom stereocenters. The number of thiophene rings is 1. The Morgan fingerprint density at radius 1 is 1.44 bits per heavy atom. The smallest absolute Gasteiger partial charge is 0.252 e. The van der Waals surface area contributed by atoms with Crippen molar-refractivity contribution in [3.63, 3.8) is 0 Å². The van der Waals surface area contributed by atoms with Crippen molar-refractivity contribution in [3.05, 3.63) is 16.5 Å². The Balaban J connectivity index is 2.69. The van der Waals surface area contributed by atoms with Crippen LogP contribution in [0.5, 0.6) is 0 Å². The summed E-state index contributed by atoms with van der Waals surface area (Å²) in [6, 6.07) is 3.13. The van der Waals surface area contributed by atoms with Crippen LogP contribution in [0, 0.1) is 5.92 Å². The molecule has 0 saturated carbocycles. The lowest BCUT2D eigenvalue weighted by Gasteiger charge is -2.20. The van der Waals surface area contributed by atoms with Crippen LogP contribution in [-0.4, -0.2) is 32.4 Å². The largest absolute Gasteiger partial charge is 0.327 e. The van der Waals surface area contributed by atoms with E-state index in [0.29, 0.717) is 23.2 Å². The topological polar surface area (TPSA) is 63.4 Å². The molecule has 1 aromatic rings. The van der Waals surface area contributed by atoms with Crippen LogP contribution in [0.3, 0.4) is 0 Å². The monoisotopic (exact) mass is 310 g/mol. The van der Waals surface area contributed by atoms with Gasteiger partial charge in [-0.2, -0.15) is 0 Å². The van der Waals surface area contributed by atoms with E-state index in [1.165, 1.54) is 10.4 Å². The molecule has 0 bridgehead atoms. The molecule has 0 aliphatic carbocycles. The van der Waals surface area contributed by atoms with Crippen LogP contribution in [-0.2, 0) is 10.0 Å². The third-order valence-corrected chi connectivity index (χ3v) is 6.40. The summed E-state index contributed by atoms with van der Waals surface area (Å²) in [6.07, 6.45) is 0.645. The molecule has 0 amide bonds. The molecule has 0 radical (unpaired) electrons. The summed E-state index contributed by atoms with van der Waals surface area (Å²) < 4.78 is 26.4. The maximum absolute atomic E-state index is 12.2. The first-order valence-electron chi connectivity index (χ1n) is 5.72. The molecule has 1 atom stereocenters. The van der Waals surface area contributed by atoms with Crippen molar-refractivity contribution in [3.8, 4) is 0 Å². The van der Waals surface area contributed by atoms with Crippen molar-refractivity contribution in [2.24, 2.45) is 11.7 Å². The van der Waals surface area contributed by atoms with Gasteiger partial charge in [0.05, 0.1) is 4.34 Å². The Labute approximate surface area is 118 Å². The summed E-state index contributed by atoms with van der Waals surface area (Å²) in [5.74, 6) is 0.345. The van der Waals surface area contributed by atoms with Crippen LogP contribution >= 0.6 is 22.9 Å². The fourth-order valence-electron chi connectivity index (χ4n) is 1.37. The second-order valence-corrected chi connectivity index (χ2v) is 8.57. The molecule has 0 aromatic carbocycles. The molecular formula is C11H19ClN2O2S2. The van der Waals surface area contributed by atoms with E-state index in [-0.39, 0.29) is 10.3 Å². The summed E-state index contributed by atoms with van der Waals surface area (Å²) in [5, 5.41) is 0. The quantitative estimate of drug-likeness (QED) is 0.877. The number of sulfonamides is 1. The van der Waals surface area contributed by atoms with Gasteiger partial charge >= 0.3 is 0 Å². The molecule has 18 heavy (non-hydrogen) atoms. The number of halogens is 1. The Kier molecular flexibility index (Phi) is 5.61. The molecule has 7 heteroatoms. The Morgan fingerprint density at radius 3 is 2.50 bits per heavy atom. The fraction of sp³-hybridized carbons (Fsp3) is 0.636. The maximum atomic E-state index is 12.2. The van der Waals surface area contributed by atoms with Gasteiger partial charge in [0.15, 0.2) is 0 Å². The molecule has 4 nitrogen and oxygen atoms in total. The average molecular weight is 311 g/mol. The first-order chi connectivity index (χ1) is 8.25. The summed E-state index contributed by atoms with van der Waals surface area (Å²) in [5.41, 5.74) is 5.91. The number of rotatable bonds is 6. The summed E-state index contributed by atoms with van der Waals surface area (Å²) in [7, 11) is -1.86. The lowest BCUT2D eigenvalue weighted by molar-refractivity contribution is 0.398.